The van der Waals surface area contributed by atoms with E-state index in [2.05, 4.69) is 4.52 Å². The van der Waals surface area contributed by atoms with Gasteiger partial charge in [-0.25, -0.2) is 9.36 Å². The van der Waals surface area contributed by atoms with E-state index in [0.29, 0.717) is 0 Å². The number of rotatable bonds is 4. The highest BCUT2D eigenvalue weighted by Crippen LogP contribution is 2.38. The minimum Gasteiger partial charge on any atom is -0.387 e. The molecule has 0 spiro atoms. The van der Waals surface area contributed by atoms with Gasteiger partial charge < -0.3 is 24.7 Å². The average molecular weight is 324 g/mol. The Bertz CT molecular complexity index is 664. The summed E-state index contributed by atoms with van der Waals surface area (Å²) in [7, 11) is -4.76. The third-order valence-corrected chi connectivity index (χ3v) is 3.35. The van der Waals surface area contributed by atoms with Gasteiger partial charge in [0.15, 0.2) is 6.23 Å². The highest BCUT2D eigenvalue weighted by molar-refractivity contribution is 7.46. The number of nitrogens with zero attached hydrogens (tertiary/aromatic N) is 1. The van der Waals surface area contributed by atoms with Gasteiger partial charge in [-0.2, -0.15) is 0 Å². The van der Waals surface area contributed by atoms with Crippen LogP contribution in [0, 0.1) is 0 Å². The monoisotopic (exact) mass is 324 g/mol. The van der Waals surface area contributed by atoms with Crippen molar-refractivity contribution in [3.05, 3.63) is 33.1 Å². The molecule has 1 aromatic heterocycles. The topological polar surface area (TPSA) is 171 Å². The first-order valence-electron chi connectivity index (χ1n) is 5.72. The number of phosphoric ester groups is 1. The Kier molecular flexibility index (Phi) is 4.44. The van der Waals surface area contributed by atoms with Gasteiger partial charge in [0.2, 0.25) is 0 Å². The maximum atomic E-state index is 11.6. The molecule has 21 heavy (non-hydrogen) atoms. The zero-order valence-corrected chi connectivity index (χ0v) is 11.3. The molecule has 0 saturated carbocycles. The number of aliphatic hydroxyl groups excluding tert-OH is 2. The average Bonchev–Trinajstić information content (AvgIpc) is 2.64. The van der Waals surface area contributed by atoms with Crippen molar-refractivity contribution in [2.75, 3.05) is 6.61 Å². The van der Waals surface area contributed by atoms with Gasteiger partial charge in [-0.1, -0.05) is 0 Å². The molecule has 5 N–H and O–H groups in total. The number of phosphoric acid groups is 1. The summed E-state index contributed by atoms with van der Waals surface area (Å²) in [5.41, 5.74) is -1.51. The first kappa shape index (κ1) is 16.0. The molecule has 118 valence electrons. The van der Waals surface area contributed by atoms with Crippen LogP contribution in [-0.4, -0.2) is 54.5 Å². The van der Waals surface area contributed by atoms with E-state index < -0.39 is 50.2 Å². The summed E-state index contributed by atoms with van der Waals surface area (Å²) in [4.78, 5) is 41.6. The van der Waals surface area contributed by atoms with E-state index in [0.717, 1.165) is 16.8 Å². The van der Waals surface area contributed by atoms with Crippen LogP contribution in [0.1, 0.15) is 6.23 Å². The summed E-state index contributed by atoms with van der Waals surface area (Å²) in [6.07, 6.45) is -4.58. The lowest BCUT2D eigenvalue weighted by atomic mass is 10.1. The van der Waals surface area contributed by atoms with Crippen LogP contribution >= 0.6 is 7.82 Å². The summed E-state index contributed by atoms with van der Waals surface area (Å²) in [6.45, 7) is -0.683. The molecule has 0 bridgehead atoms. The molecular weight excluding hydrogens is 311 g/mol. The number of nitrogens with one attached hydrogen (secondary N) is 1. The van der Waals surface area contributed by atoms with Gasteiger partial charge in [-0.3, -0.25) is 18.9 Å². The van der Waals surface area contributed by atoms with Gasteiger partial charge in [-0.05, 0) is 0 Å². The van der Waals surface area contributed by atoms with Crippen LogP contribution in [0.5, 0.6) is 0 Å². The van der Waals surface area contributed by atoms with Crippen LogP contribution < -0.4 is 11.2 Å². The van der Waals surface area contributed by atoms with E-state index in [-0.39, 0.29) is 0 Å². The van der Waals surface area contributed by atoms with Gasteiger partial charge in [0.1, 0.15) is 18.3 Å². The van der Waals surface area contributed by atoms with Crippen molar-refractivity contribution < 1.29 is 33.8 Å². The Morgan fingerprint density at radius 2 is 2.00 bits per heavy atom. The number of H-pyrrole nitrogens is 1. The fourth-order valence-electron chi connectivity index (χ4n) is 1.89. The van der Waals surface area contributed by atoms with Crippen molar-refractivity contribution in [3.63, 3.8) is 0 Å². The number of aliphatic hydroxyl groups is 2. The minimum absolute atomic E-state index is 0.648. The Labute approximate surface area is 116 Å². The lowest BCUT2D eigenvalue weighted by Gasteiger charge is -2.16. The molecule has 0 aromatic carbocycles. The number of hydrogen-bond acceptors (Lipinski definition) is 7. The zero-order chi connectivity index (χ0) is 15.8. The second kappa shape index (κ2) is 5.81. The summed E-state index contributed by atoms with van der Waals surface area (Å²) >= 11 is 0. The Hall–Kier alpha value is -1.33. The van der Waals surface area contributed by atoms with Crippen LogP contribution in [0.25, 0.3) is 0 Å². The molecule has 12 heteroatoms. The third-order valence-electron chi connectivity index (χ3n) is 2.87. The van der Waals surface area contributed by atoms with Crippen molar-refractivity contribution in [2.24, 2.45) is 0 Å². The van der Waals surface area contributed by atoms with Crippen LogP contribution in [0.15, 0.2) is 21.9 Å². The molecule has 0 unspecified atom stereocenters. The highest BCUT2D eigenvalue weighted by atomic mass is 31.2. The molecule has 1 saturated heterocycles. The molecule has 1 aliphatic rings. The second-order valence-corrected chi connectivity index (χ2v) is 5.59. The van der Waals surface area contributed by atoms with Crippen LogP contribution in [0.4, 0.5) is 0 Å². The quantitative estimate of drug-likeness (QED) is 0.368. The van der Waals surface area contributed by atoms with Gasteiger partial charge in [0.05, 0.1) is 6.61 Å². The molecule has 2 heterocycles. The van der Waals surface area contributed by atoms with E-state index >= 15 is 0 Å². The van der Waals surface area contributed by atoms with E-state index in [1.807, 2.05) is 4.98 Å². The molecule has 1 fully saturated rings. The van der Waals surface area contributed by atoms with Gasteiger partial charge in [-0.15, -0.1) is 0 Å². The molecular formula is C9H13N2O9P. The maximum absolute atomic E-state index is 11.6. The molecule has 11 nitrogen and oxygen atoms in total. The summed E-state index contributed by atoms with van der Waals surface area (Å²) in [5.74, 6) is 0. The van der Waals surface area contributed by atoms with E-state index in [1.165, 1.54) is 0 Å². The smallest absolute Gasteiger partial charge is 0.387 e. The zero-order valence-electron chi connectivity index (χ0n) is 10.4. The number of aromatic nitrogens is 2. The lowest BCUT2D eigenvalue weighted by molar-refractivity contribution is -0.0543. The predicted molar refractivity (Wildman–Crippen MR) is 65.2 cm³/mol. The standard InChI is InChI=1S/C9H13N2O9P/c12-5-1-2-11(9(15)10-5)8-7(14)6(13)4(20-8)3-19-21(16,17)18/h1-2,4,6-8,13-14H,3H2,(H,10,12,15)(H2,16,17,18)/t4-,6-,7+,8-/m0/s1. The van der Waals surface area contributed by atoms with Gasteiger partial charge in [0, 0.05) is 12.3 Å². The van der Waals surface area contributed by atoms with E-state index in [4.69, 9.17) is 14.5 Å². The van der Waals surface area contributed by atoms with Crippen molar-refractivity contribution in [3.8, 4) is 0 Å². The third kappa shape index (κ3) is 3.66. The van der Waals surface area contributed by atoms with Crippen molar-refractivity contribution in [1.82, 2.24) is 9.55 Å². The Balaban J connectivity index is 2.18. The van der Waals surface area contributed by atoms with Crippen molar-refractivity contribution in [2.45, 2.75) is 24.5 Å². The summed E-state index contributed by atoms with van der Waals surface area (Å²) < 4.78 is 20.8. The molecule has 2 rings (SSSR count). The number of ether oxygens (including phenoxy) is 1. The predicted octanol–water partition coefficient (Wildman–Crippen LogP) is -2.73. The maximum Gasteiger partial charge on any atom is 0.469 e. The van der Waals surface area contributed by atoms with Crippen LogP contribution in [0.3, 0.4) is 0 Å². The molecule has 0 aliphatic carbocycles. The second-order valence-electron chi connectivity index (χ2n) is 4.35. The Morgan fingerprint density at radius 1 is 1.33 bits per heavy atom. The highest BCUT2D eigenvalue weighted by Gasteiger charge is 2.44. The number of aromatic amines is 1. The van der Waals surface area contributed by atoms with E-state index in [1.54, 1.807) is 0 Å². The fourth-order valence-corrected chi connectivity index (χ4v) is 2.24. The fraction of sp³-hybridized carbons (Fsp3) is 0.556. The van der Waals surface area contributed by atoms with E-state index in [9.17, 15) is 24.4 Å². The molecule has 0 radical (unpaired) electrons. The van der Waals surface area contributed by atoms with Gasteiger partial charge >= 0.3 is 13.5 Å². The largest absolute Gasteiger partial charge is 0.469 e. The van der Waals surface area contributed by atoms with Crippen molar-refractivity contribution >= 4 is 7.82 Å². The summed E-state index contributed by atoms with van der Waals surface area (Å²) in [5, 5.41) is 19.6. The number of hydrogen-bond donors (Lipinski definition) is 5. The molecule has 0 amide bonds. The molecule has 4 atom stereocenters. The molecule has 1 aromatic rings. The van der Waals surface area contributed by atoms with Crippen molar-refractivity contribution in [1.29, 1.82) is 0 Å². The first-order chi connectivity index (χ1) is 9.69. The van der Waals surface area contributed by atoms with Crippen LogP contribution in [0.2, 0.25) is 0 Å². The van der Waals surface area contributed by atoms with Gasteiger partial charge in [0.25, 0.3) is 5.56 Å². The Morgan fingerprint density at radius 3 is 2.57 bits per heavy atom. The minimum atomic E-state index is -4.76. The molecule has 1 aliphatic heterocycles. The van der Waals surface area contributed by atoms with Crippen LogP contribution in [-0.2, 0) is 13.8 Å². The first-order valence-corrected chi connectivity index (χ1v) is 7.25. The normalized spacial score (nSPS) is 29.7. The summed E-state index contributed by atoms with van der Waals surface area (Å²) in [6, 6.07) is 1.02. The SMILES string of the molecule is O=c1ccn([C@H]2O[C@@H](COP(=O)(O)O)[C@H](O)[C@H]2O)c(=O)[nH]1. The lowest BCUT2D eigenvalue weighted by Crippen LogP contribution is -2.37.